The Morgan fingerprint density at radius 1 is 1.11 bits per heavy atom. The van der Waals surface area contributed by atoms with E-state index in [-0.39, 0.29) is 13.0 Å². The van der Waals surface area contributed by atoms with Crippen LogP contribution in [0.3, 0.4) is 0 Å². The standard InChI is InChI=1S/C12H23NO5S/c1-5-10(12(15)18-8-4)19(16,17)9-11(14)13(6-2)7-3/h10H,5-9H2,1-4H3. The monoisotopic (exact) mass is 293 g/mol. The number of rotatable bonds is 8. The van der Waals surface area contributed by atoms with Gasteiger partial charge in [0.15, 0.2) is 15.1 Å². The fourth-order valence-electron chi connectivity index (χ4n) is 1.74. The zero-order valence-corrected chi connectivity index (χ0v) is 12.8. The van der Waals surface area contributed by atoms with Gasteiger partial charge < -0.3 is 9.64 Å². The molecule has 7 heteroatoms. The van der Waals surface area contributed by atoms with Crippen molar-refractivity contribution < 1.29 is 22.7 Å². The first-order chi connectivity index (χ1) is 8.83. The Balaban J connectivity index is 4.94. The first kappa shape index (κ1) is 17.9. The van der Waals surface area contributed by atoms with Gasteiger partial charge in [0.1, 0.15) is 5.75 Å². The molecule has 0 aromatic rings. The lowest BCUT2D eigenvalue weighted by atomic mass is 10.3. The number of nitrogens with zero attached hydrogens (tertiary/aromatic N) is 1. The minimum atomic E-state index is -3.82. The Labute approximate surface area is 115 Å². The number of hydrogen-bond acceptors (Lipinski definition) is 5. The highest BCUT2D eigenvalue weighted by Gasteiger charge is 2.34. The third-order valence-electron chi connectivity index (χ3n) is 2.79. The van der Waals surface area contributed by atoms with Gasteiger partial charge in [-0.25, -0.2) is 8.42 Å². The summed E-state index contributed by atoms with van der Waals surface area (Å²) in [6, 6.07) is 0. The van der Waals surface area contributed by atoms with Crippen molar-refractivity contribution in [2.24, 2.45) is 0 Å². The van der Waals surface area contributed by atoms with Crippen LogP contribution in [0, 0.1) is 0 Å². The van der Waals surface area contributed by atoms with Crippen LogP contribution in [0.25, 0.3) is 0 Å². The van der Waals surface area contributed by atoms with Gasteiger partial charge in [-0.2, -0.15) is 0 Å². The number of hydrogen-bond donors (Lipinski definition) is 0. The van der Waals surface area contributed by atoms with E-state index in [4.69, 9.17) is 4.74 Å². The van der Waals surface area contributed by atoms with Crippen LogP contribution in [-0.2, 0) is 24.2 Å². The number of carbonyl (C=O) groups is 2. The number of sulfone groups is 1. The Morgan fingerprint density at radius 2 is 1.63 bits per heavy atom. The number of esters is 1. The first-order valence-electron chi connectivity index (χ1n) is 6.49. The van der Waals surface area contributed by atoms with Crippen LogP contribution in [0.15, 0.2) is 0 Å². The number of carbonyl (C=O) groups excluding carboxylic acids is 2. The molecule has 0 N–H and O–H groups in total. The maximum atomic E-state index is 12.1. The molecule has 0 aromatic carbocycles. The molecule has 0 heterocycles. The summed E-state index contributed by atoms with van der Waals surface area (Å²) in [5, 5.41) is -1.26. The van der Waals surface area contributed by atoms with Gasteiger partial charge in [0.2, 0.25) is 5.91 Å². The summed E-state index contributed by atoms with van der Waals surface area (Å²) >= 11 is 0. The van der Waals surface area contributed by atoms with Crippen molar-refractivity contribution in [3.05, 3.63) is 0 Å². The molecule has 112 valence electrons. The van der Waals surface area contributed by atoms with Crippen LogP contribution >= 0.6 is 0 Å². The van der Waals surface area contributed by atoms with Crippen molar-refractivity contribution in [3.63, 3.8) is 0 Å². The Kier molecular flexibility index (Phi) is 7.66. The first-order valence-corrected chi connectivity index (χ1v) is 8.21. The summed E-state index contributed by atoms with van der Waals surface area (Å²) in [7, 11) is -3.82. The van der Waals surface area contributed by atoms with Crippen LogP contribution < -0.4 is 0 Å². The molecule has 19 heavy (non-hydrogen) atoms. The number of ether oxygens (including phenoxy) is 1. The highest BCUT2D eigenvalue weighted by molar-refractivity contribution is 7.93. The van der Waals surface area contributed by atoms with E-state index < -0.39 is 32.7 Å². The molecule has 0 aliphatic rings. The van der Waals surface area contributed by atoms with E-state index in [2.05, 4.69) is 0 Å². The van der Waals surface area contributed by atoms with E-state index in [1.54, 1.807) is 27.7 Å². The van der Waals surface area contributed by atoms with E-state index in [1.165, 1.54) is 4.90 Å². The van der Waals surface area contributed by atoms with E-state index in [0.717, 1.165) is 0 Å². The molecule has 0 bridgehead atoms. The zero-order chi connectivity index (χ0) is 15.1. The van der Waals surface area contributed by atoms with Gasteiger partial charge in [0, 0.05) is 13.1 Å². The molecule has 0 spiro atoms. The molecule has 0 saturated heterocycles. The summed E-state index contributed by atoms with van der Waals surface area (Å²) in [4.78, 5) is 24.8. The molecule has 1 unspecified atom stereocenters. The highest BCUT2D eigenvalue weighted by Crippen LogP contribution is 2.11. The lowest BCUT2D eigenvalue weighted by molar-refractivity contribution is -0.142. The van der Waals surface area contributed by atoms with E-state index in [1.807, 2.05) is 0 Å². The second-order valence-electron chi connectivity index (χ2n) is 4.02. The van der Waals surface area contributed by atoms with Crippen LogP contribution in [0.1, 0.15) is 34.1 Å². The van der Waals surface area contributed by atoms with Crippen molar-refractivity contribution in [2.45, 2.75) is 39.4 Å². The SMILES string of the molecule is CCOC(=O)C(CC)S(=O)(=O)CC(=O)N(CC)CC. The molecule has 6 nitrogen and oxygen atoms in total. The van der Waals surface area contributed by atoms with Crippen molar-refractivity contribution >= 4 is 21.7 Å². The third-order valence-corrected chi connectivity index (χ3v) is 4.84. The van der Waals surface area contributed by atoms with Crippen LogP contribution in [0.4, 0.5) is 0 Å². The van der Waals surface area contributed by atoms with Gasteiger partial charge in [0.25, 0.3) is 0 Å². The molecule has 1 atom stereocenters. The predicted octanol–water partition coefficient (Wildman–Crippen LogP) is 0.611. The molecule has 0 saturated carbocycles. The maximum Gasteiger partial charge on any atom is 0.324 e. The summed E-state index contributed by atoms with van der Waals surface area (Å²) in [5.41, 5.74) is 0. The van der Waals surface area contributed by atoms with Crippen molar-refractivity contribution in [1.29, 1.82) is 0 Å². The van der Waals surface area contributed by atoms with Gasteiger partial charge >= 0.3 is 5.97 Å². The molecule has 0 aromatic heterocycles. The molecule has 1 amide bonds. The molecule has 0 radical (unpaired) electrons. The normalized spacial score (nSPS) is 12.8. The topological polar surface area (TPSA) is 80.8 Å². The summed E-state index contributed by atoms with van der Waals surface area (Å²) < 4.78 is 28.9. The minimum Gasteiger partial charge on any atom is -0.465 e. The van der Waals surface area contributed by atoms with Gasteiger partial charge in [0.05, 0.1) is 6.61 Å². The summed E-state index contributed by atoms with van der Waals surface area (Å²) in [6.07, 6.45) is 0.104. The van der Waals surface area contributed by atoms with Gasteiger partial charge in [-0.15, -0.1) is 0 Å². The lowest BCUT2D eigenvalue weighted by Gasteiger charge is -2.20. The van der Waals surface area contributed by atoms with Crippen LogP contribution in [0.5, 0.6) is 0 Å². The fraction of sp³-hybridized carbons (Fsp3) is 0.833. The Hall–Kier alpha value is -1.11. The predicted molar refractivity (Wildman–Crippen MR) is 72.4 cm³/mol. The van der Waals surface area contributed by atoms with Crippen LogP contribution in [-0.4, -0.2) is 55.9 Å². The average Bonchev–Trinajstić information content (AvgIpc) is 2.30. The third kappa shape index (κ3) is 5.18. The zero-order valence-electron chi connectivity index (χ0n) is 12.0. The van der Waals surface area contributed by atoms with Crippen LogP contribution in [0.2, 0.25) is 0 Å². The molecular weight excluding hydrogens is 270 g/mol. The Morgan fingerprint density at radius 3 is 2.00 bits per heavy atom. The molecule has 0 fully saturated rings. The quantitative estimate of drug-likeness (QED) is 0.613. The second kappa shape index (κ2) is 8.14. The van der Waals surface area contributed by atoms with E-state index >= 15 is 0 Å². The van der Waals surface area contributed by atoms with Crippen molar-refractivity contribution in [2.75, 3.05) is 25.4 Å². The minimum absolute atomic E-state index is 0.104. The smallest absolute Gasteiger partial charge is 0.324 e. The number of amides is 1. The molecule has 0 rings (SSSR count). The molecular formula is C12H23NO5S. The fourth-order valence-corrected chi connectivity index (χ4v) is 3.34. The average molecular weight is 293 g/mol. The Bertz CT molecular complexity index is 400. The van der Waals surface area contributed by atoms with E-state index in [0.29, 0.717) is 13.1 Å². The van der Waals surface area contributed by atoms with Gasteiger partial charge in [-0.1, -0.05) is 6.92 Å². The maximum absolute atomic E-state index is 12.1. The summed E-state index contributed by atoms with van der Waals surface area (Å²) in [5.74, 6) is -1.91. The van der Waals surface area contributed by atoms with E-state index in [9.17, 15) is 18.0 Å². The second-order valence-corrected chi connectivity index (χ2v) is 6.21. The molecule has 0 aliphatic heterocycles. The van der Waals surface area contributed by atoms with Crippen molar-refractivity contribution in [1.82, 2.24) is 4.90 Å². The lowest BCUT2D eigenvalue weighted by Crippen LogP contribution is -2.41. The van der Waals surface area contributed by atoms with Gasteiger partial charge in [-0.05, 0) is 27.2 Å². The molecule has 0 aliphatic carbocycles. The van der Waals surface area contributed by atoms with Crippen molar-refractivity contribution in [3.8, 4) is 0 Å². The summed E-state index contributed by atoms with van der Waals surface area (Å²) in [6.45, 7) is 7.75. The van der Waals surface area contributed by atoms with Gasteiger partial charge in [-0.3, -0.25) is 9.59 Å². The highest BCUT2D eigenvalue weighted by atomic mass is 32.2. The largest absolute Gasteiger partial charge is 0.465 e.